The zero-order valence-electron chi connectivity index (χ0n) is 11.3. The van der Waals surface area contributed by atoms with Crippen molar-refractivity contribution in [1.82, 2.24) is 19.8 Å². The average molecular weight is 331 g/mol. The zero-order valence-corrected chi connectivity index (χ0v) is 12.9. The van der Waals surface area contributed by atoms with Gasteiger partial charge in [-0.25, -0.2) is 4.79 Å². The van der Waals surface area contributed by atoms with Gasteiger partial charge in [0.05, 0.1) is 15.7 Å². The average Bonchev–Trinajstić information content (AvgIpc) is 2.75. The first-order valence-electron chi connectivity index (χ1n) is 6.14. The van der Waals surface area contributed by atoms with Crippen molar-refractivity contribution in [3.8, 4) is 11.4 Å². The molecule has 0 aliphatic rings. The summed E-state index contributed by atoms with van der Waals surface area (Å²) in [5, 5.41) is 7.87. The number of ether oxygens (including phenoxy) is 1. The Labute approximate surface area is 130 Å². The number of halogens is 2. The topological polar surface area (TPSA) is 79.0 Å². The van der Waals surface area contributed by atoms with Gasteiger partial charge in [-0.1, -0.05) is 30.1 Å². The Morgan fingerprint density at radius 3 is 2.62 bits per heavy atom. The van der Waals surface area contributed by atoms with E-state index in [0.717, 1.165) is 11.1 Å². The molecule has 0 atom stereocenters. The highest BCUT2D eigenvalue weighted by molar-refractivity contribution is 6.36. The molecule has 0 amide bonds. The first-order chi connectivity index (χ1) is 9.93. The van der Waals surface area contributed by atoms with Gasteiger partial charge >= 0.3 is 11.7 Å². The van der Waals surface area contributed by atoms with Crippen LogP contribution in [0.1, 0.15) is 20.3 Å². The van der Waals surface area contributed by atoms with Crippen LogP contribution in [0, 0.1) is 0 Å². The molecule has 0 aliphatic carbocycles. The fourth-order valence-electron chi connectivity index (χ4n) is 1.69. The fraction of sp³-hybridized carbons (Fsp3) is 0.333. The number of aryl methyl sites for hydroxylation is 1. The van der Waals surface area contributed by atoms with E-state index in [9.17, 15) is 9.59 Å². The first-order valence-corrected chi connectivity index (χ1v) is 6.90. The van der Waals surface area contributed by atoms with Crippen LogP contribution in [0.3, 0.4) is 0 Å². The number of aromatic nitrogens is 4. The standard InChI is InChI=1S/C12H12Cl2N4O3/c1-3-4-17-12(20)18(16-15-17)10-6-11(21-7(2)19)9(14)5-8(10)13/h5-6H,3-4H2,1-2H3. The van der Waals surface area contributed by atoms with Gasteiger partial charge in [0.2, 0.25) is 0 Å². The van der Waals surface area contributed by atoms with Crippen LogP contribution in [0.2, 0.25) is 10.0 Å². The van der Waals surface area contributed by atoms with E-state index in [1.807, 2.05) is 6.92 Å². The van der Waals surface area contributed by atoms with Gasteiger partial charge in [0.1, 0.15) is 0 Å². The van der Waals surface area contributed by atoms with Crippen molar-refractivity contribution in [2.45, 2.75) is 26.8 Å². The minimum absolute atomic E-state index is 0.0977. The van der Waals surface area contributed by atoms with Crippen LogP contribution in [0.15, 0.2) is 16.9 Å². The fourth-order valence-corrected chi connectivity index (χ4v) is 2.19. The van der Waals surface area contributed by atoms with Gasteiger partial charge < -0.3 is 4.74 Å². The minimum Gasteiger partial charge on any atom is -0.425 e. The molecule has 0 bridgehead atoms. The number of carbonyl (C=O) groups is 1. The summed E-state index contributed by atoms with van der Waals surface area (Å²) in [5.74, 6) is -0.437. The molecule has 0 unspecified atom stereocenters. The molecule has 0 fully saturated rings. The zero-order chi connectivity index (χ0) is 15.6. The number of hydrogen-bond donors (Lipinski definition) is 0. The maximum atomic E-state index is 12.1. The smallest absolute Gasteiger partial charge is 0.368 e. The minimum atomic E-state index is -0.535. The van der Waals surface area contributed by atoms with Crippen molar-refractivity contribution in [3.05, 3.63) is 32.7 Å². The molecule has 21 heavy (non-hydrogen) atoms. The van der Waals surface area contributed by atoms with E-state index in [0.29, 0.717) is 6.54 Å². The van der Waals surface area contributed by atoms with E-state index in [-0.39, 0.29) is 21.5 Å². The molecule has 0 N–H and O–H groups in total. The Morgan fingerprint density at radius 2 is 2.00 bits per heavy atom. The molecule has 0 radical (unpaired) electrons. The van der Waals surface area contributed by atoms with E-state index >= 15 is 0 Å². The van der Waals surface area contributed by atoms with E-state index in [2.05, 4.69) is 10.4 Å². The van der Waals surface area contributed by atoms with Crippen LogP contribution in [0.5, 0.6) is 5.75 Å². The summed E-state index contributed by atoms with van der Waals surface area (Å²) in [7, 11) is 0. The van der Waals surface area contributed by atoms with Crippen LogP contribution in [-0.2, 0) is 11.3 Å². The number of hydrogen-bond acceptors (Lipinski definition) is 5. The third-order valence-corrected chi connectivity index (χ3v) is 3.16. The van der Waals surface area contributed by atoms with Crippen LogP contribution in [-0.4, -0.2) is 25.8 Å². The number of esters is 1. The molecule has 1 heterocycles. The molecule has 0 saturated carbocycles. The molecule has 112 valence electrons. The lowest BCUT2D eigenvalue weighted by molar-refractivity contribution is -0.131. The molecule has 7 nitrogen and oxygen atoms in total. The summed E-state index contributed by atoms with van der Waals surface area (Å²) in [5.41, 5.74) is -0.195. The summed E-state index contributed by atoms with van der Waals surface area (Å²) in [6, 6.07) is 2.75. The Balaban J connectivity index is 2.53. The molecule has 2 aromatic rings. The van der Waals surface area contributed by atoms with Crippen molar-refractivity contribution in [2.75, 3.05) is 0 Å². The molecule has 2 rings (SSSR count). The maximum Gasteiger partial charge on any atom is 0.368 e. The third-order valence-electron chi connectivity index (χ3n) is 2.56. The molecule has 0 aliphatic heterocycles. The van der Waals surface area contributed by atoms with Crippen molar-refractivity contribution < 1.29 is 9.53 Å². The van der Waals surface area contributed by atoms with Crippen LogP contribution in [0.4, 0.5) is 0 Å². The second kappa shape index (κ2) is 6.28. The third kappa shape index (κ3) is 3.25. The van der Waals surface area contributed by atoms with Crippen molar-refractivity contribution >= 4 is 29.2 Å². The van der Waals surface area contributed by atoms with E-state index < -0.39 is 11.7 Å². The van der Waals surface area contributed by atoms with Crippen molar-refractivity contribution in [2.24, 2.45) is 0 Å². The lowest BCUT2D eigenvalue weighted by Gasteiger charge is -2.08. The number of benzene rings is 1. The monoisotopic (exact) mass is 330 g/mol. The lowest BCUT2D eigenvalue weighted by Crippen LogP contribution is -2.24. The van der Waals surface area contributed by atoms with E-state index in [1.165, 1.54) is 23.7 Å². The summed E-state index contributed by atoms with van der Waals surface area (Å²) < 4.78 is 7.20. The second-order valence-corrected chi connectivity index (χ2v) is 5.04. The number of tetrazole rings is 1. The molecule has 9 heteroatoms. The molecular formula is C12H12Cl2N4O3. The quantitative estimate of drug-likeness (QED) is 0.633. The van der Waals surface area contributed by atoms with Crippen molar-refractivity contribution in [1.29, 1.82) is 0 Å². The molecule has 0 spiro atoms. The van der Waals surface area contributed by atoms with Gasteiger partial charge in [-0.3, -0.25) is 4.79 Å². The highest BCUT2D eigenvalue weighted by Crippen LogP contribution is 2.32. The Kier molecular flexibility index (Phi) is 4.64. The molecule has 1 aromatic heterocycles. The predicted molar refractivity (Wildman–Crippen MR) is 77.2 cm³/mol. The van der Waals surface area contributed by atoms with Crippen LogP contribution >= 0.6 is 23.2 Å². The van der Waals surface area contributed by atoms with Gasteiger partial charge in [0.25, 0.3) is 0 Å². The van der Waals surface area contributed by atoms with Crippen LogP contribution < -0.4 is 10.4 Å². The van der Waals surface area contributed by atoms with E-state index in [4.69, 9.17) is 27.9 Å². The summed E-state index contributed by atoms with van der Waals surface area (Å²) in [6.07, 6.45) is 0.742. The second-order valence-electron chi connectivity index (χ2n) is 4.22. The Bertz CT molecular complexity index is 739. The maximum absolute atomic E-state index is 12.1. The Hall–Kier alpha value is -1.86. The van der Waals surface area contributed by atoms with Gasteiger partial charge in [-0.15, -0.1) is 0 Å². The van der Waals surface area contributed by atoms with Gasteiger partial charge in [0.15, 0.2) is 5.75 Å². The van der Waals surface area contributed by atoms with E-state index in [1.54, 1.807) is 0 Å². The number of nitrogens with zero attached hydrogens (tertiary/aromatic N) is 4. The highest BCUT2D eigenvalue weighted by atomic mass is 35.5. The lowest BCUT2D eigenvalue weighted by atomic mass is 10.3. The summed E-state index contributed by atoms with van der Waals surface area (Å²) >= 11 is 12.0. The number of carbonyl (C=O) groups excluding carboxylic acids is 1. The molecular weight excluding hydrogens is 319 g/mol. The SMILES string of the molecule is CCCn1nnn(-c2cc(OC(C)=O)c(Cl)cc2Cl)c1=O. The normalized spacial score (nSPS) is 10.7. The van der Waals surface area contributed by atoms with Crippen LogP contribution in [0.25, 0.3) is 5.69 Å². The number of rotatable bonds is 4. The highest BCUT2D eigenvalue weighted by Gasteiger charge is 2.16. The van der Waals surface area contributed by atoms with Crippen molar-refractivity contribution in [3.63, 3.8) is 0 Å². The first kappa shape index (κ1) is 15.5. The largest absolute Gasteiger partial charge is 0.425 e. The Morgan fingerprint density at radius 1 is 1.29 bits per heavy atom. The van der Waals surface area contributed by atoms with Gasteiger partial charge in [-0.2, -0.15) is 9.36 Å². The van der Waals surface area contributed by atoms with Gasteiger partial charge in [0, 0.05) is 19.5 Å². The van der Waals surface area contributed by atoms with Gasteiger partial charge in [-0.05, 0) is 22.9 Å². The summed E-state index contributed by atoms with van der Waals surface area (Å²) in [4.78, 5) is 23.2. The predicted octanol–water partition coefficient (Wildman–Crippen LogP) is 2.07. The molecule has 0 saturated heterocycles. The summed E-state index contributed by atoms with van der Waals surface area (Å²) in [6.45, 7) is 3.61. The molecule has 1 aromatic carbocycles.